The molecule has 0 aliphatic carbocycles. The Morgan fingerprint density at radius 3 is 2.34 bits per heavy atom. The largest absolute Gasteiger partial charge is 0.352 e. The van der Waals surface area contributed by atoms with Crippen molar-refractivity contribution < 1.29 is 9.59 Å². The molecule has 29 heavy (non-hydrogen) atoms. The fourth-order valence-electron chi connectivity index (χ4n) is 3.35. The van der Waals surface area contributed by atoms with E-state index in [-0.39, 0.29) is 11.8 Å². The van der Waals surface area contributed by atoms with Crippen LogP contribution in [-0.4, -0.2) is 54.3 Å². The van der Waals surface area contributed by atoms with E-state index in [4.69, 9.17) is 23.2 Å². The lowest BCUT2D eigenvalue weighted by molar-refractivity contribution is -0.133. The number of amides is 2. The highest BCUT2D eigenvalue weighted by Crippen LogP contribution is 2.14. The highest BCUT2D eigenvalue weighted by atomic mass is 35.5. The van der Waals surface area contributed by atoms with Gasteiger partial charge in [0.2, 0.25) is 5.91 Å². The zero-order valence-corrected chi connectivity index (χ0v) is 17.8. The van der Waals surface area contributed by atoms with Crippen molar-refractivity contribution in [1.82, 2.24) is 15.1 Å². The smallest absolute Gasteiger partial charge is 0.251 e. The van der Waals surface area contributed by atoms with Crippen LogP contribution >= 0.6 is 23.2 Å². The number of carbonyl (C=O) groups is 2. The first-order valence-electron chi connectivity index (χ1n) is 9.79. The predicted octanol–water partition coefficient (Wildman–Crippen LogP) is 3.85. The first-order valence-corrected chi connectivity index (χ1v) is 10.6. The summed E-state index contributed by atoms with van der Waals surface area (Å²) < 4.78 is 0. The molecule has 1 aliphatic heterocycles. The molecule has 7 heteroatoms. The van der Waals surface area contributed by atoms with Crippen molar-refractivity contribution in [3.05, 3.63) is 69.7 Å². The van der Waals surface area contributed by atoms with Crippen LogP contribution in [0.25, 0.3) is 0 Å². The maximum Gasteiger partial charge on any atom is 0.251 e. The van der Waals surface area contributed by atoms with Gasteiger partial charge < -0.3 is 10.2 Å². The molecule has 2 aromatic rings. The quantitative estimate of drug-likeness (QED) is 0.674. The molecule has 3 rings (SSSR count). The maximum absolute atomic E-state index is 12.4. The van der Waals surface area contributed by atoms with Gasteiger partial charge in [-0.1, -0.05) is 35.3 Å². The Morgan fingerprint density at radius 2 is 1.66 bits per heavy atom. The maximum atomic E-state index is 12.4. The highest BCUT2D eigenvalue weighted by Gasteiger charge is 2.20. The van der Waals surface area contributed by atoms with Crippen LogP contribution < -0.4 is 5.32 Å². The van der Waals surface area contributed by atoms with Crippen molar-refractivity contribution in [3.8, 4) is 0 Å². The summed E-state index contributed by atoms with van der Waals surface area (Å²) in [6.07, 6.45) is 1.07. The van der Waals surface area contributed by atoms with Crippen LogP contribution in [0.1, 0.15) is 28.8 Å². The summed E-state index contributed by atoms with van der Waals surface area (Å²) in [6.45, 7) is 4.49. The Hall–Kier alpha value is -2.08. The monoisotopic (exact) mass is 433 g/mol. The molecule has 2 aromatic carbocycles. The van der Waals surface area contributed by atoms with Crippen molar-refractivity contribution in [1.29, 1.82) is 0 Å². The molecule has 1 fully saturated rings. The van der Waals surface area contributed by atoms with E-state index in [0.29, 0.717) is 30.0 Å². The van der Waals surface area contributed by atoms with Crippen molar-refractivity contribution >= 4 is 35.0 Å². The number of rotatable bonds is 7. The number of hydrogen-bond acceptors (Lipinski definition) is 3. The Bertz CT molecular complexity index is 834. The number of nitrogens with one attached hydrogen (secondary N) is 1. The van der Waals surface area contributed by atoms with Crippen LogP contribution in [0.15, 0.2) is 48.5 Å². The predicted molar refractivity (Wildman–Crippen MR) is 116 cm³/mol. The van der Waals surface area contributed by atoms with Gasteiger partial charge in [-0.15, -0.1) is 0 Å². The molecule has 5 nitrogen and oxygen atoms in total. The number of nitrogens with zero attached hydrogens (tertiary/aromatic N) is 2. The summed E-state index contributed by atoms with van der Waals surface area (Å²) in [5.74, 6) is -0.00288. The molecule has 0 unspecified atom stereocenters. The number of piperazine rings is 1. The summed E-state index contributed by atoms with van der Waals surface area (Å²) in [5.41, 5.74) is 1.75. The van der Waals surface area contributed by atoms with Gasteiger partial charge in [-0.3, -0.25) is 14.5 Å². The van der Waals surface area contributed by atoms with Gasteiger partial charge in [0.1, 0.15) is 0 Å². The van der Waals surface area contributed by atoms with Gasteiger partial charge in [0.25, 0.3) is 5.91 Å². The number of halogens is 2. The van der Waals surface area contributed by atoms with Gasteiger partial charge in [0.15, 0.2) is 0 Å². The van der Waals surface area contributed by atoms with Crippen LogP contribution in [0.2, 0.25) is 10.0 Å². The minimum absolute atomic E-state index is 0.146. The van der Waals surface area contributed by atoms with E-state index in [1.807, 2.05) is 23.1 Å². The van der Waals surface area contributed by atoms with Gasteiger partial charge in [0, 0.05) is 61.3 Å². The van der Waals surface area contributed by atoms with Gasteiger partial charge in [0.05, 0.1) is 0 Å². The third kappa shape index (κ3) is 6.74. The van der Waals surface area contributed by atoms with E-state index in [2.05, 4.69) is 16.3 Å². The van der Waals surface area contributed by atoms with Crippen molar-refractivity contribution in [2.45, 2.75) is 19.4 Å². The van der Waals surface area contributed by atoms with E-state index in [0.717, 1.165) is 37.7 Å². The lowest BCUT2D eigenvalue weighted by Crippen LogP contribution is -2.48. The second kappa shape index (κ2) is 10.6. The number of benzene rings is 2. The van der Waals surface area contributed by atoms with Crippen LogP contribution in [0.4, 0.5) is 0 Å². The molecule has 0 spiro atoms. The summed E-state index contributed by atoms with van der Waals surface area (Å²) >= 11 is 11.9. The number of hydrogen-bond donors (Lipinski definition) is 1. The van der Waals surface area contributed by atoms with E-state index < -0.39 is 0 Å². The summed E-state index contributed by atoms with van der Waals surface area (Å²) in [5, 5.41) is 4.19. The van der Waals surface area contributed by atoms with Crippen LogP contribution in [0.5, 0.6) is 0 Å². The zero-order chi connectivity index (χ0) is 20.6. The molecule has 1 heterocycles. The van der Waals surface area contributed by atoms with Crippen molar-refractivity contribution in [3.63, 3.8) is 0 Å². The van der Waals surface area contributed by atoms with Gasteiger partial charge in [-0.2, -0.15) is 0 Å². The Balaban J connectivity index is 1.33. The van der Waals surface area contributed by atoms with Crippen LogP contribution in [0, 0.1) is 0 Å². The minimum atomic E-state index is -0.149. The van der Waals surface area contributed by atoms with E-state index in [1.54, 1.807) is 24.3 Å². The third-order valence-corrected chi connectivity index (χ3v) is 5.47. The average molecular weight is 434 g/mol. The van der Waals surface area contributed by atoms with E-state index in [1.165, 1.54) is 5.56 Å². The molecule has 0 radical (unpaired) electrons. The molecular weight excluding hydrogens is 409 g/mol. The third-order valence-electron chi connectivity index (χ3n) is 4.98. The van der Waals surface area contributed by atoms with Crippen LogP contribution in [-0.2, 0) is 11.3 Å². The van der Waals surface area contributed by atoms with E-state index >= 15 is 0 Å². The Morgan fingerprint density at radius 1 is 0.931 bits per heavy atom. The minimum Gasteiger partial charge on any atom is -0.352 e. The van der Waals surface area contributed by atoms with Gasteiger partial charge in [-0.25, -0.2) is 0 Å². The molecule has 1 N–H and O–H groups in total. The first kappa shape index (κ1) is 21.6. The molecule has 2 amide bonds. The number of carbonyl (C=O) groups excluding carboxylic acids is 2. The second-order valence-electron chi connectivity index (χ2n) is 7.15. The van der Waals surface area contributed by atoms with Crippen molar-refractivity contribution in [2.24, 2.45) is 0 Å². The standard InChI is InChI=1S/C22H25Cl2N3O2/c23-19-8-6-18(7-9-19)22(29)25-10-2-5-21(28)27-13-11-26(12-14-27)16-17-3-1-4-20(24)15-17/h1,3-4,6-9,15H,2,5,10-14,16H2,(H,25,29). The van der Waals surface area contributed by atoms with Gasteiger partial charge in [-0.05, 0) is 48.4 Å². The fraction of sp³-hybridized carbons (Fsp3) is 0.364. The Labute approximate surface area is 181 Å². The molecule has 1 aliphatic rings. The molecular formula is C22H25Cl2N3O2. The van der Waals surface area contributed by atoms with Gasteiger partial charge >= 0.3 is 0 Å². The normalized spacial score (nSPS) is 14.6. The summed E-state index contributed by atoms with van der Waals surface area (Å²) in [7, 11) is 0. The lowest BCUT2D eigenvalue weighted by Gasteiger charge is -2.34. The molecule has 0 bridgehead atoms. The molecule has 0 aromatic heterocycles. The SMILES string of the molecule is O=C(NCCCC(=O)N1CCN(Cc2cccc(Cl)c2)CC1)c1ccc(Cl)cc1. The van der Waals surface area contributed by atoms with E-state index in [9.17, 15) is 9.59 Å². The average Bonchev–Trinajstić information content (AvgIpc) is 2.72. The van der Waals surface area contributed by atoms with Crippen molar-refractivity contribution in [2.75, 3.05) is 32.7 Å². The zero-order valence-electron chi connectivity index (χ0n) is 16.2. The molecule has 154 valence electrons. The lowest BCUT2D eigenvalue weighted by atomic mass is 10.2. The topological polar surface area (TPSA) is 52.7 Å². The first-order chi connectivity index (χ1) is 14.0. The Kier molecular flexibility index (Phi) is 7.92. The second-order valence-corrected chi connectivity index (χ2v) is 8.03. The molecule has 0 atom stereocenters. The fourth-order valence-corrected chi connectivity index (χ4v) is 3.69. The molecule has 1 saturated heterocycles. The summed E-state index contributed by atoms with van der Waals surface area (Å²) in [4.78, 5) is 28.7. The van der Waals surface area contributed by atoms with Crippen LogP contribution in [0.3, 0.4) is 0 Å². The summed E-state index contributed by atoms with van der Waals surface area (Å²) in [6, 6.07) is 14.6. The molecule has 0 saturated carbocycles. The highest BCUT2D eigenvalue weighted by molar-refractivity contribution is 6.30.